The third kappa shape index (κ3) is 3.43. The fourth-order valence-corrected chi connectivity index (χ4v) is 5.99. The third-order valence-electron chi connectivity index (χ3n) is 6.72. The predicted octanol–water partition coefficient (Wildman–Crippen LogP) is 1.37. The molecule has 9 heteroatoms. The van der Waals surface area contributed by atoms with Gasteiger partial charge in [-0.1, -0.05) is 12.2 Å². The van der Waals surface area contributed by atoms with Gasteiger partial charge in [-0.2, -0.15) is 0 Å². The number of hydroxylamine groups is 2. The van der Waals surface area contributed by atoms with E-state index in [1.54, 1.807) is 12.1 Å². The highest BCUT2D eigenvalue weighted by Gasteiger charge is 2.64. The van der Waals surface area contributed by atoms with Gasteiger partial charge in [0.25, 0.3) is 0 Å². The Bertz CT molecular complexity index is 989. The Balaban J connectivity index is 1.43. The summed E-state index contributed by atoms with van der Waals surface area (Å²) in [5.41, 5.74) is 0.956. The lowest BCUT2D eigenvalue weighted by molar-refractivity contribution is -0.123. The molecule has 1 spiro atoms. The van der Waals surface area contributed by atoms with E-state index in [1.807, 2.05) is 11.1 Å². The smallest absolute Gasteiger partial charge is 0.228 e. The lowest BCUT2D eigenvalue weighted by Gasteiger charge is -2.35. The Kier molecular flexibility index (Phi) is 4.89. The van der Waals surface area contributed by atoms with Gasteiger partial charge in [-0.15, -0.1) is 5.06 Å². The zero-order chi connectivity index (χ0) is 20.9. The first-order valence-electron chi connectivity index (χ1n) is 10.6. The van der Waals surface area contributed by atoms with Crippen molar-refractivity contribution in [3.05, 3.63) is 30.4 Å². The van der Waals surface area contributed by atoms with E-state index in [-0.39, 0.29) is 28.4 Å². The molecule has 0 bridgehead atoms. The number of nitrogens with zero attached hydrogens (tertiary/aromatic N) is 2. The first kappa shape index (κ1) is 20.0. The molecule has 2 N–H and O–H groups in total. The SMILES string of the molecule is CS(=O)(=O)c1ccc(N2CCNCC2)cc1NC(=O)C1CCC[C@]23ON2CC=CC13. The minimum absolute atomic E-state index is 0.00182. The summed E-state index contributed by atoms with van der Waals surface area (Å²) >= 11 is 0. The van der Waals surface area contributed by atoms with Gasteiger partial charge < -0.3 is 15.5 Å². The van der Waals surface area contributed by atoms with Crippen LogP contribution in [0.2, 0.25) is 0 Å². The summed E-state index contributed by atoms with van der Waals surface area (Å²) < 4.78 is 24.7. The molecular formula is C21H28N4O4S. The van der Waals surface area contributed by atoms with E-state index >= 15 is 0 Å². The quantitative estimate of drug-likeness (QED) is 0.548. The number of carbonyl (C=O) groups is 1. The number of piperazine rings is 1. The first-order valence-corrected chi connectivity index (χ1v) is 12.5. The van der Waals surface area contributed by atoms with Crippen LogP contribution in [-0.4, -0.2) is 64.1 Å². The monoisotopic (exact) mass is 432 g/mol. The number of amides is 1. The maximum atomic E-state index is 13.3. The molecule has 3 aliphatic heterocycles. The highest BCUT2D eigenvalue weighted by molar-refractivity contribution is 7.90. The summed E-state index contributed by atoms with van der Waals surface area (Å²) in [5.74, 6) is -0.378. The van der Waals surface area contributed by atoms with Gasteiger partial charge in [0.1, 0.15) is 0 Å². The summed E-state index contributed by atoms with van der Waals surface area (Å²) in [7, 11) is -3.48. The number of anilines is 2. The van der Waals surface area contributed by atoms with Crippen molar-refractivity contribution in [3.8, 4) is 0 Å². The molecule has 8 nitrogen and oxygen atoms in total. The second-order valence-corrected chi connectivity index (χ2v) is 10.6. The highest BCUT2D eigenvalue weighted by Crippen LogP contribution is 2.54. The van der Waals surface area contributed by atoms with E-state index < -0.39 is 9.84 Å². The molecule has 4 atom stereocenters. The minimum Gasteiger partial charge on any atom is -0.369 e. The second kappa shape index (κ2) is 7.33. The number of nitrogens with one attached hydrogen (secondary N) is 2. The predicted molar refractivity (Wildman–Crippen MR) is 114 cm³/mol. The van der Waals surface area contributed by atoms with Crippen molar-refractivity contribution < 1.29 is 18.0 Å². The number of hydrogen-bond donors (Lipinski definition) is 2. The summed E-state index contributed by atoms with van der Waals surface area (Å²) in [4.78, 5) is 21.5. The van der Waals surface area contributed by atoms with Gasteiger partial charge in [0.2, 0.25) is 5.91 Å². The number of benzene rings is 1. The van der Waals surface area contributed by atoms with E-state index in [0.717, 1.165) is 57.7 Å². The van der Waals surface area contributed by atoms with Crippen molar-refractivity contribution in [1.82, 2.24) is 10.4 Å². The Morgan fingerprint density at radius 2 is 2.10 bits per heavy atom. The van der Waals surface area contributed by atoms with Crippen molar-refractivity contribution in [2.45, 2.75) is 29.9 Å². The van der Waals surface area contributed by atoms with Gasteiger partial charge in [0.05, 0.1) is 10.6 Å². The first-order chi connectivity index (χ1) is 14.4. The van der Waals surface area contributed by atoms with Gasteiger partial charge in [-0.3, -0.25) is 9.63 Å². The van der Waals surface area contributed by atoms with Crippen molar-refractivity contribution in [2.24, 2.45) is 11.8 Å². The molecule has 3 heterocycles. The van der Waals surface area contributed by atoms with Crippen molar-refractivity contribution >= 4 is 27.1 Å². The Hall–Kier alpha value is -1.94. The third-order valence-corrected chi connectivity index (χ3v) is 7.87. The van der Waals surface area contributed by atoms with E-state index in [2.05, 4.69) is 27.7 Å². The molecule has 1 aromatic rings. The van der Waals surface area contributed by atoms with Crippen LogP contribution < -0.4 is 15.5 Å². The zero-order valence-electron chi connectivity index (χ0n) is 17.1. The van der Waals surface area contributed by atoms with Crippen LogP contribution in [0.3, 0.4) is 0 Å². The molecule has 3 fully saturated rings. The van der Waals surface area contributed by atoms with E-state index in [1.165, 1.54) is 6.26 Å². The van der Waals surface area contributed by atoms with Crippen LogP contribution in [0, 0.1) is 11.8 Å². The maximum absolute atomic E-state index is 13.3. The highest BCUT2D eigenvalue weighted by atomic mass is 32.2. The Morgan fingerprint density at radius 1 is 1.30 bits per heavy atom. The van der Waals surface area contributed by atoms with Gasteiger partial charge in [0.15, 0.2) is 15.6 Å². The van der Waals surface area contributed by atoms with Crippen LogP contribution in [0.1, 0.15) is 19.3 Å². The average molecular weight is 433 g/mol. The fraction of sp³-hybridized carbons (Fsp3) is 0.571. The molecule has 30 heavy (non-hydrogen) atoms. The van der Waals surface area contributed by atoms with Gasteiger partial charge >= 0.3 is 0 Å². The second-order valence-electron chi connectivity index (χ2n) is 8.63. The molecule has 1 aliphatic carbocycles. The molecule has 3 unspecified atom stereocenters. The number of sulfone groups is 1. The molecule has 1 aromatic carbocycles. The molecule has 162 valence electrons. The molecule has 1 amide bonds. The van der Waals surface area contributed by atoms with Crippen LogP contribution in [0.5, 0.6) is 0 Å². The Labute approximate surface area is 177 Å². The number of carbonyl (C=O) groups excluding carboxylic acids is 1. The van der Waals surface area contributed by atoms with E-state index in [0.29, 0.717) is 5.69 Å². The van der Waals surface area contributed by atoms with Crippen LogP contribution >= 0.6 is 0 Å². The summed E-state index contributed by atoms with van der Waals surface area (Å²) in [6, 6.07) is 5.23. The molecule has 2 saturated heterocycles. The molecule has 4 aliphatic rings. The van der Waals surface area contributed by atoms with Gasteiger partial charge in [-0.05, 0) is 37.5 Å². The molecular weight excluding hydrogens is 404 g/mol. The summed E-state index contributed by atoms with van der Waals surface area (Å²) in [6.07, 6.45) is 7.94. The standard InChI is InChI=1S/C21H28N4O4S/c1-30(27,28)19-7-6-15(24-12-9-22-10-13-24)14-18(19)23-20(26)16-4-2-8-21-17(16)5-3-11-25(21)29-21/h3,5-7,14,16-17,22H,2,4,8-13H2,1H3,(H,23,26)/t16?,17?,21-,25?/m1/s1. The van der Waals surface area contributed by atoms with Crippen molar-refractivity contribution in [1.29, 1.82) is 0 Å². The zero-order valence-corrected chi connectivity index (χ0v) is 18.0. The Morgan fingerprint density at radius 3 is 2.87 bits per heavy atom. The average Bonchev–Trinajstić information content (AvgIpc) is 3.46. The lowest BCUT2D eigenvalue weighted by Crippen LogP contribution is -2.44. The molecule has 0 aromatic heterocycles. The topological polar surface area (TPSA) is 94.1 Å². The van der Waals surface area contributed by atoms with E-state index in [9.17, 15) is 13.2 Å². The largest absolute Gasteiger partial charge is 0.369 e. The van der Waals surface area contributed by atoms with Gasteiger partial charge in [0, 0.05) is 56.5 Å². The number of hydrogen-bond acceptors (Lipinski definition) is 7. The number of rotatable bonds is 4. The van der Waals surface area contributed by atoms with Crippen LogP contribution in [0.15, 0.2) is 35.2 Å². The van der Waals surface area contributed by atoms with Crippen LogP contribution in [0.4, 0.5) is 11.4 Å². The molecule has 0 radical (unpaired) electrons. The van der Waals surface area contributed by atoms with Crippen LogP contribution in [-0.2, 0) is 19.5 Å². The van der Waals surface area contributed by atoms with Crippen LogP contribution in [0.25, 0.3) is 0 Å². The maximum Gasteiger partial charge on any atom is 0.228 e. The normalized spacial score (nSPS) is 32.8. The van der Waals surface area contributed by atoms with Crippen molar-refractivity contribution in [2.75, 3.05) is 49.2 Å². The summed E-state index contributed by atoms with van der Waals surface area (Å²) in [5, 5.41) is 8.24. The summed E-state index contributed by atoms with van der Waals surface area (Å²) in [6.45, 7) is 4.21. The lowest BCUT2D eigenvalue weighted by atomic mass is 9.72. The molecule has 5 rings (SSSR count). The van der Waals surface area contributed by atoms with Crippen molar-refractivity contribution in [3.63, 3.8) is 0 Å². The minimum atomic E-state index is -3.48. The van der Waals surface area contributed by atoms with Gasteiger partial charge in [-0.25, -0.2) is 8.42 Å². The van der Waals surface area contributed by atoms with E-state index in [4.69, 9.17) is 4.84 Å². The molecule has 1 saturated carbocycles. The fourth-order valence-electron chi connectivity index (χ4n) is 5.16.